The molecule has 29 heavy (non-hydrogen) atoms. The first-order chi connectivity index (χ1) is 13.8. The van der Waals surface area contributed by atoms with Gasteiger partial charge in [-0.1, -0.05) is 42.5 Å². The number of hydrogen-bond acceptors (Lipinski definition) is 5. The summed E-state index contributed by atoms with van der Waals surface area (Å²) >= 11 is 0. The number of aromatic carboxylic acids is 1. The van der Waals surface area contributed by atoms with Crippen LogP contribution in [-0.4, -0.2) is 46.7 Å². The molecule has 2 amide bonds. The molecule has 4 N–H and O–H groups in total. The van der Waals surface area contributed by atoms with Gasteiger partial charge in [0.2, 0.25) is 5.91 Å². The minimum absolute atomic E-state index is 0.0401. The van der Waals surface area contributed by atoms with Gasteiger partial charge in [0, 0.05) is 6.42 Å². The van der Waals surface area contributed by atoms with E-state index < -0.39 is 36.5 Å². The van der Waals surface area contributed by atoms with Crippen LogP contribution in [-0.2, 0) is 27.4 Å². The Morgan fingerprint density at radius 2 is 1.55 bits per heavy atom. The topological polar surface area (TPSA) is 142 Å². The summed E-state index contributed by atoms with van der Waals surface area (Å²) in [6, 6.07) is 13.4. The molecule has 0 aliphatic rings. The van der Waals surface area contributed by atoms with Crippen LogP contribution < -0.4 is 10.6 Å². The molecule has 2 rings (SSSR count). The van der Waals surface area contributed by atoms with E-state index in [0.29, 0.717) is 5.56 Å². The predicted octanol–water partition coefficient (Wildman–Crippen LogP) is 1.42. The van der Waals surface area contributed by atoms with E-state index in [9.17, 15) is 24.3 Å². The van der Waals surface area contributed by atoms with Gasteiger partial charge in [-0.3, -0.25) is 4.79 Å². The standard InChI is InChI=1S/C20H20N2O7/c23-17(11-21-20(28)29-12-14-4-2-1-3-5-14)22-16(19(26)27)10-13-6-8-15(9-7-13)18(24)25/h1-9,16H,10-12H2,(H,21,28)(H,22,23)(H,24,25)(H,26,27)/t16-/m0/s1. The molecule has 0 heterocycles. The number of nitrogens with one attached hydrogen (secondary N) is 2. The van der Waals surface area contributed by atoms with E-state index in [4.69, 9.17) is 9.84 Å². The maximum atomic E-state index is 11.9. The lowest BCUT2D eigenvalue weighted by atomic mass is 10.0. The molecule has 9 nitrogen and oxygen atoms in total. The highest BCUT2D eigenvalue weighted by Crippen LogP contribution is 2.07. The summed E-state index contributed by atoms with van der Waals surface area (Å²) in [5, 5.41) is 22.7. The summed E-state index contributed by atoms with van der Waals surface area (Å²) in [6.07, 6.45) is -0.848. The summed E-state index contributed by atoms with van der Waals surface area (Å²) in [7, 11) is 0. The quantitative estimate of drug-likeness (QED) is 0.499. The molecule has 152 valence electrons. The summed E-state index contributed by atoms with van der Waals surface area (Å²) in [5.74, 6) is -3.05. The minimum Gasteiger partial charge on any atom is -0.480 e. The van der Waals surface area contributed by atoms with Crippen molar-refractivity contribution in [2.45, 2.75) is 19.1 Å². The summed E-state index contributed by atoms with van der Waals surface area (Å²) < 4.78 is 4.96. The number of carbonyl (C=O) groups excluding carboxylic acids is 2. The van der Waals surface area contributed by atoms with Crippen molar-refractivity contribution >= 4 is 23.9 Å². The van der Waals surface area contributed by atoms with Crippen LogP contribution in [0.15, 0.2) is 54.6 Å². The summed E-state index contributed by atoms with van der Waals surface area (Å²) in [4.78, 5) is 45.8. The molecular formula is C20H20N2O7. The molecule has 0 unspecified atom stereocenters. The Hall–Kier alpha value is -3.88. The molecule has 0 saturated heterocycles. The van der Waals surface area contributed by atoms with E-state index in [1.54, 1.807) is 24.3 Å². The monoisotopic (exact) mass is 400 g/mol. The van der Waals surface area contributed by atoms with E-state index in [2.05, 4.69) is 10.6 Å². The first kappa shape index (κ1) is 21.4. The van der Waals surface area contributed by atoms with E-state index in [1.165, 1.54) is 24.3 Å². The zero-order chi connectivity index (χ0) is 21.2. The number of carboxylic acids is 2. The van der Waals surface area contributed by atoms with E-state index >= 15 is 0 Å². The van der Waals surface area contributed by atoms with Gasteiger partial charge >= 0.3 is 18.0 Å². The number of carboxylic acid groups (broad SMARTS) is 2. The minimum atomic E-state index is -1.26. The molecule has 1 atom stereocenters. The molecule has 0 fully saturated rings. The molecular weight excluding hydrogens is 380 g/mol. The Labute approximate surface area is 166 Å². The number of benzene rings is 2. The number of amides is 2. The van der Waals surface area contributed by atoms with E-state index in [1.807, 2.05) is 6.07 Å². The van der Waals surface area contributed by atoms with Crippen LogP contribution >= 0.6 is 0 Å². The Morgan fingerprint density at radius 1 is 0.897 bits per heavy atom. The molecule has 0 spiro atoms. The Kier molecular flexibility index (Phi) is 7.72. The first-order valence-corrected chi connectivity index (χ1v) is 8.64. The van der Waals surface area contributed by atoms with Crippen molar-refractivity contribution < 1.29 is 34.1 Å². The van der Waals surface area contributed by atoms with Gasteiger partial charge in [-0.25, -0.2) is 14.4 Å². The molecule has 0 aromatic heterocycles. The second-order valence-corrected chi connectivity index (χ2v) is 6.08. The van der Waals surface area contributed by atoms with Crippen molar-refractivity contribution in [3.8, 4) is 0 Å². The van der Waals surface area contributed by atoms with Crippen LogP contribution in [0, 0.1) is 0 Å². The summed E-state index contributed by atoms with van der Waals surface area (Å²) in [5.41, 5.74) is 1.40. The number of hydrogen-bond donors (Lipinski definition) is 4. The van der Waals surface area contributed by atoms with Gasteiger partial charge in [0.05, 0.1) is 5.56 Å². The van der Waals surface area contributed by atoms with Gasteiger partial charge in [0.25, 0.3) is 0 Å². The highest BCUT2D eigenvalue weighted by Gasteiger charge is 2.21. The van der Waals surface area contributed by atoms with Gasteiger partial charge in [-0.15, -0.1) is 0 Å². The van der Waals surface area contributed by atoms with Crippen molar-refractivity contribution in [2.75, 3.05) is 6.54 Å². The SMILES string of the molecule is O=C(CNC(=O)OCc1ccccc1)N[C@@H](Cc1ccc(C(=O)O)cc1)C(=O)O. The third-order valence-electron chi connectivity index (χ3n) is 3.88. The normalized spacial score (nSPS) is 11.2. The second kappa shape index (κ2) is 10.5. The van der Waals surface area contributed by atoms with Crippen LogP contribution in [0.2, 0.25) is 0 Å². The molecule has 2 aromatic carbocycles. The van der Waals surface area contributed by atoms with Crippen LogP contribution in [0.25, 0.3) is 0 Å². The number of rotatable bonds is 9. The zero-order valence-electron chi connectivity index (χ0n) is 15.3. The number of carbonyl (C=O) groups is 4. The zero-order valence-corrected chi connectivity index (χ0v) is 15.3. The fourth-order valence-corrected chi connectivity index (χ4v) is 2.39. The van der Waals surface area contributed by atoms with Gasteiger partial charge in [0.15, 0.2) is 0 Å². The molecule has 0 radical (unpaired) electrons. The Balaban J connectivity index is 1.80. The fourth-order valence-electron chi connectivity index (χ4n) is 2.39. The van der Waals surface area contributed by atoms with Crippen molar-refractivity contribution in [3.63, 3.8) is 0 Å². The smallest absolute Gasteiger partial charge is 0.407 e. The van der Waals surface area contributed by atoms with Gasteiger partial charge in [0.1, 0.15) is 19.2 Å². The average Bonchev–Trinajstić information content (AvgIpc) is 2.71. The number of ether oxygens (including phenoxy) is 1. The number of alkyl carbamates (subject to hydrolysis) is 1. The lowest BCUT2D eigenvalue weighted by Gasteiger charge is -2.15. The third kappa shape index (κ3) is 7.33. The first-order valence-electron chi connectivity index (χ1n) is 8.64. The van der Waals surface area contributed by atoms with E-state index in [0.717, 1.165) is 5.56 Å². The lowest BCUT2D eigenvalue weighted by molar-refractivity contribution is -0.141. The third-order valence-corrected chi connectivity index (χ3v) is 3.88. The Morgan fingerprint density at radius 3 is 2.14 bits per heavy atom. The van der Waals surface area contributed by atoms with Crippen LogP contribution in [0.5, 0.6) is 0 Å². The van der Waals surface area contributed by atoms with Gasteiger partial charge < -0.3 is 25.6 Å². The van der Waals surface area contributed by atoms with E-state index in [-0.39, 0.29) is 18.6 Å². The summed E-state index contributed by atoms with van der Waals surface area (Å²) in [6.45, 7) is -0.409. The number of aliphatic carboxylic acids is 1. The molecule has 0 aliphatic heterocycles. The van der Waals surface area contributed by atoms with Crippen LogP contribution in [0.3, 0.4) is 0 Å². The van der Waals surface area contributed by atoms with Gasteiger partial charge in [-0.2, -0.15) is 0 Å². The molecule has 2 aromatic rings. The lowest BCUT2D eigenvalue weighted by Crippen LogP contribution is -2.46. The van der Waals surface area contributed by atoms with Crippen LogP contribution in [0.4, 0.5) is 4.79 Å². The molecule has 0 saturated carbocycles. The van der Waals surface area contributed by atoms with Crippen molar-refractivity contribution in [2.24, 2.45) is 0 Å². The maximum Gasteiger partial charge on any atom is 0.407 e. The van der Waals surface area contributed by atoms with Crippen LogP contribution in [0.1, 0.15) is 21.5 Å². The largest absolute Gasteiger partial charge is 0.480 e. The van der Waals surface area contributed by atoms with Crippen molar-refractivity contribution in [1.82, 2.24) is 10.6 Å². The average molecular weight is 400 g/mol. The highest BCUT2D eigenvalue weighted by molar-refractivity contribution is 5.88. The van der Waals surface area contributed by atoms with Crippen molar-refractivity contribution in [1.29, 1.82) is 0 Å². The second-order valence-electron chi connectivity index (χ2n) is 6.08. The maximum absolute atomic E-state index is 11.9. The Bertz CT molecular complexity index is 866. The fraction of sp³-hybridized carbons (Fsp3) is 0.200. The highest BCUT2D eigenvalue weighted by atomic mass is 16.5. The molecule has 0 bridgehead atoms. The molecule has 9 heteroatoms. The predicted molar refractivity (Wildman–Crippen MR) is 101 cm³/mol. The van der Waals surface area contributed by atoms with Gasteiger partial charge in [-0.05, 0) is 23.3 Å². The molecule has 0 aliphatic carbocycles. The van der Waals surface area contributed by atoms with Crippen molar-refractivity contribution in [3.05, 3.63) is 71.3 Å².